The molecule has 0 amide bonds. The fourth-order valence-electron chi connectivity index (χ4n) is 2.87. The lowest BCUT2D eigenvalue weighted by Crippen LogP contribution is -1.94. The molecule has 25 heavy (non-hydrogen) atoms. The van der Waals surface area contributed by atoms with Crippen molar-refractivity contribution in [2.45, 2.75) is 6.92 Å². The maximum atomic E-state index is 11.3. The molecule has 0 bridgehead atoms. The maximum Gasteiger partial charge on any atom is 0.145 e. The lowest BCUT2D eigenvalue weighted by atomic mass is 9.88. The summed E-state index contributed by atoms with van der Waals surface area (Å²) in [4.78, 5) is 11.3. The molecule has 3 aromatic carbocycles. The average molecular weight is 324 g/mol. The number of carbonyl (C=O) groups excluding carboxylic acids is 1. The summed E-state index contributed by atoms with van der Waals surface area (Å²) in [5.74, 6) is 0. The molecule has 0 radical (unpaired) electrons. The van der Waals surface area contributed by atoms with Gasteiger partial charge in [-0.05, 0) is 46.4 Å². The first-order valence-corrected chi connectivity index (χ1v) is 8.33. The van der Waals surface area contributed by atoms with E-state index in [0.717, 1.165) is 34.1 Å². The van der Waals surface area contributed by atoms with Crippen molar-refractivity contribution in [2.24, 2.45) is 0 Å². The topological polar surface area (TPSA) is 17.1 Å². The number of hydrogen-bond acceptors (Lipinski definition) is 1. The van der Waals surface area contributed by atoms with Gasteiger partial charge in [0.1, 0.15) is 6.29 Å². The first kappa shape index (κ1) is 16.7. The fraction of sp³-hybridized carbons (Fsp3) is 0.0417. The van der Waals surface area contributed by atoms with Crippen molar-refractivity contribution in [2.75, 3.05) is 0 Å². The SMILES string of the molecule is C/C(C=O)=C\C(=C(c1ccccc1)c1ccccc1)c1ccccc1. The predicted octanol–water partition coefficient (Wildman–Crippen LogP) is 5.79. The Labute approximate surface area is 149 Å². The van der Waals surface area contributed by atoms with Crippen LogP contribution < -0.4 is 0 Å². The van der Waals surface area contributed by atoms with E-state index in [1.165, 1.54) is 0 Å². The molecule has 0 saturated carbocycles. The van der Waals surface area contributed by atoms with Crippen LogP contribution in [0.3, 0.4) is 0 Å². The number of rotatable bonds is 5. The van der Waals surface area contributed by atoms with Gasteiger partial charge >= 0.3 is 0 Å². The second-order valence-corrected chi connectivity index (χ2v) is 5.89. The van der Waals surface area contributed by atoms with Crippen LogP contribution in [0.15, 0.2) is 103 Å². The van der Waals surface area contributed by atoms with Crippen molar-refractivity contribution in [3.05, 3.63) is 119 Å². The van der Waals surface area contributed by atoms with E-state index in [-0.39, 0.29) is 0 Å². The molecule has 0 fully saturated rings. The van der Waals surface area contributed by atoms with E-state index < -0.39 is 0 Å². The number of allylic oxidation sites excluding steroid dienone is 3. The summed E-state index contributed by atoms with van der Waals surface area (Å²) < 4.78 is 0. The minimum atomic E-state index is 0.697. The van der Waals surface area contributed by atoms with Crippen LogP contribution in [0, 0.1) is 0 Å². The molecule has 0 spiro atoms. The van der Waals surface area contributed by atoms with Crippen molar-refractivity contribution in [1.82, 2.24) is 0 Å². The molecule has 0 aliphatic rings. The first-order valence-electron chi connectivity index (χ1n) is 8.33. The summed E-state index contributed by atoms with van der Waals surface area (Å²) in [7, 11) is 0. The molecule has 3 rings (SSSR count). The minimum absolute atomic E-state index is 0.697. The summed E-state index contributed by atoms with van der Waals surface area (Å²) in [6, 6.07) is 30.8. The number of carbonyl (C=O) groups is 1. The van der Waals surface area contributed by atoms with E-state index >= 15 is 0 Å². The van der Waals surface area contributed by atoms with Gasteiger partial charge in [-0.2, -0.15) is 0 Å². The smallest absolute Gasteiger partial charge is 0.145 e. The summed E-state index contributed by atoms with van der Waals surface area (Å²) in [6.45, 7) is 1.84. The molecule has 1 nitrogen and oxygen atoms in total. The van der Waals surface area contributed by atoms with Crippen LogP contribution in [0.4, 0.5) is 0 Å². The Bertz CT molecular complexity index is 847. The second-order valence-electron chi connectivity index (χ2n) is 5.89. The Morgan fingerprint density at radius 1 is 0.640 bits per heavy atom. The third-order valence-electron chi connectivity index (χ3n) is 4.04. The molecular formula is C24H20O. The lowest BCUT2D eigenvalue weighted by molar-refractivity contribution is -0.104. The van der Waals surface area contributed by atoms with Crippen LogP contribution >= 0.6 is 0 Å². The largest absolute Gasteiger partial charge is 0.298 e. The summed E-state index contributed by atoms with van der Waals surface area (Å²) in [6.07, 6.45) is 2.87. The fourth-order valence-corrected chi connectivity index (χ4v) is 2.87. The molecule has 1 heteroatoms. The highest BCUT2D eigenvalue weighted by atomic mass is 16.1. The number of aldehydes is 1. The van der Waals surface area contributed by atoms with Gasteiger partial charge in [0.15, 0.2) is 0 Å². The van der Waals surface area contributed by atoms with Crippen LogP contribution in [0.25, 0.3) is 11.1 Å². The molecule has 0 saturated heterocycles. The highest BCUT2D eigenvalue weighted by Gasteiger charge is 2.12. The van der Waals surface area contributed by atoms with E-state index in [4.69, 9.17) is 0 Å². The molecule has 0 heterocycles. The number of hydrogen-bond donors (Lipinski definition) is 0. The van der Waals surface area contributed by atoms with Gasteiger partial charge in [0, 0.05) is 0 Å². The zero-order valence-corrected chi connectivity index (χ0v) is 14.2. The van der Waals surface area contributed by atoms with Gasteiger partial charge < -0.3 is 0 Å². The monoisotopic (exact) mass is 324 g/mol. The van der Waals surface area contributed by atoms with Crippen molar-refractivity contribution in [3.63, 3.8) is 0 Å². The molecule has 0 unspecified atom stereocenters. The predicted molar refractivity (Wildman–Crippen MR) is 105 cm³/mol. The zero-order valence-electron chi connectivity index (χ0n) is 14.2. The summed E-state index contributed by atoms with van der Waals surface area (Å²) >= 11 is 0. The Balaban J connectivity index is 2.36. The number of benzene rings is 3. The summed E-state index contributed by atoms with van der Waals surface area (Å²) in [5, 5.41) is 0. The van der Waals surface area contributed by atoms with E-state index in [1.54, 1.807) is 0 Å². The lowest BCUT2D eigenvalue weighted by Gasteiger charge is -2.15. The first-order chi connectivity index (χ1) is 12.3. The van der Waals surface area contributed by atoms with Crippen molar-refractivity contribution in [1.29, 1.82) is 0 Å². The Morgan fingerprint density at radius 2 is 1.04 bits per heavy atom. The molecule has 0 aliphatic carbocycles. The normalized spacial score (nSPS) is 11.0. The van der Waals surface area contributed by atoms with Gasteiger partial charge in [-0.1, -0.05) is 91.0 Å². The van der Waals surface area contributed by atoms with Gasteiger partial charge in [0.25, 0.3) is 0 Å². The molecule has 0 atom stereocenters. The van der Waals surface area contributed by atoms with Gasteiger partial charge in [0.2, 0.25) is 0 Å². The highest BCUT2D eigenvalue weighted by Crippen LogP contribution is 2.33. The van der Waals surface area contributed by atoms with Gasteiger partial charge in [-0.25, -0.2) is 0 Å². The maximum absolute atomic E-state index is 11.3. The van der Waals surface area contributed by atoms with Crippen LogP contribution in [-0.2, 0) is 4.79 Å². The van der Waals surface area contributed by atoms with E-state index in [1.807, 2.05) is 67.6 Å². The second kappa shape index (κ2) is 8.07. The third-order valence-corrected chi connectivity index (χ3v) is 4.04. The average Bonchev–Trinajstić information content (AvgIpc) is 2.69. The van der Waals surface area contributed by atoms with E-state index in [0.29, 0.717) is 5.57 Å². The van der Waals surface area contributed by atoms with Gasteiger partial charge in [-0.3, -0.25) is 4.79 Å². The molecular weight excluding hydrogens is 304 g/mol. The summed E-state index contributed by atoms with van der Waals surface area (Å²) in [5.41, 5.74) is 6.20. The van der Waals surface area contributed by atoms with Crippen molar-refractivity contribution >= 4 is 17.4 Å². The molecule has 122 valence electrons. The van der Waals surface area contributed by atoms with Crippen molar-refractivity contribution < 1.29 is 4.79 Å². The Morgan fingerprint density at radius 3 is 1.44 bits per heavy atom. The van der Waals surface area contributed by atoms with Gasteiger partial charge in [0.05, 0.1) is 0 Å². The standard InChI is InChI=1S/C24H20O/c1-19(18-25)17-23(20-11-5-2-6-12-20)24(21-13-7-3-8-14-21)22-15-9-4-10-16-22/h2-18H,1H3/b19-17+. The Hall–Kier alpha value is -3.19. The Kier molecular flexibility index (Phi) is 5.38. The van der Waals surface area contributed by atoms with Crippen LogP contribution in [0.5, 0.6) is 0 Å². The highest BCUT2D eigenvalue weighted by molar-refractivity contribution is 6.03. The van der Waals surface area contributed by atoms with Gasteiger partial charge in [-0.15, -0.1) is 0 Å². The zero-order chi connectivity index (χ0) is 17.5. The van der Waals surface area contributed by atoms with Crippen molar-refractivity contribution in [3.8, 4) is 0 Å². The van der Waals surface area contributed by atoms with E-state index in [2.05, 4.69) is 36.4 Å². The molecule has 0 aliphatic heterocycles. The molecule has 0 aromatic heterocycles. The molecule has 0 N–H and O–H groups in total. The molecule has 3 aromatic rings. The quantitative estimate of drug-likeness (QED) is 0.251. The van der Waals surface area contributed by atoms with Crippen LogP contribution in [-0.4, -0.2) is 6.29 Å². The minimum Gasteiger partial charge on any atom is -0.298 e. The van der Waals surface area contributed by atoms with Crippen LogP contribution in [0.1, 0.15) is 23.6 Å². The third kappa shape index (κ3) is 4.02. The van der Waals surface area contributed by atoms with Crippen LogP contribution in [0.2, 0.25) is 0 Å². The van der Waals surface area contributed by atoms with E-state index in [9.17, 15) is 4.79 Å².